The van der Waals surface area contributed by atoms with Crippen LogP contribution >= 0.6 is 11.3 Å². The molecule has 3 rings (SSSR count). The van der Waals surface area contributed by atoms with Crippen LogP contribution in [0.15, 0.2) is 29.8 Å². The first-order valence-corrected chi connectivity index (χ1v) is 8.61. The first-order valence-electron chi connectivity index (χ1n) is 7.73. The Kier molecular flexibility index (Phi) is 5.27. The number of rotatable bonds is 5. The molecule has 0 saturated carbocycles. The normalized spacial score (nSPS) is 17.3. The summed E-state index contributed by atoms with van der Waals surface area (Å²) in [5.74, 6) is -1.54. The summed E-state index contributed by atoms with van der Waals surface area (Å²) < 4.78 is 33.5. The van der Waals surface area contributed by atoms with Crippen LogP contribution in [0.25, 0.3) is 11.9 Å². The maximum absolute atomic E-state index is 14.3. The molecule has 6 nitrogen and oxygen atoms in total. The predicted molar refractivity (Wildman–Crippen MR) is 93.8 cm³/mol. The molecule has 1 aromatic heterocycles. The minimum atomic E-state index is -0.674. The number of nitrogens with zero attached hydrogens (tertiary/aromatic N) is 2. The summed E-state index contributed by atoms with van der Waals surface area (Å²) in [5.41, 5.74) is 0.341. The van der Waals surface area contributed by atoms with Crippen LogP contribution in [0, 0.1) is 5.82 Å². The number of ether oxygens (including phenoxy) is 1. The lowest BCUT2D eigenvalue weighted by molar-refractivity contribution is -0.119. The van der Waals surface area contributed by atoms with Gasteiger partial charge in [0.1, 0.15) is 11.9 Å². The van der Waals surface area contributed by atoms with Crippen molar-refractivity contribution in [3.05, 3.63) is 46.2 Å². The van der Waals surface area contributed by atoms with Crippen molar-refractivity contribution in [2.24, 2.45) is 0 Å². The van der Waals surface area contributed by atoms with Gasteiger partial charge >= 0.3 is 6.09 Å². The minimum absolute atomic E-state index is 0.0452. The van der Waals surface area contributed by atoms with Crippen LogP contribution < -0.4 is 10.2 Å². The Morgan fingerprint density at radius 2 is 2.35 bits per heavy atom. The lowest BCUT2D eigenvalue weighted by atomic mass is 10.1. The summed E-state index contributed by atoms with van der Waals surface area (Å²) in [7, 11) is 0. The van der Waals surface area contributed by atoms with E-state index in [4.69, 9.17) is 4.74 Å². The molecule has 0 spiro atoms. The van der Waals surface area contributed by atoms with Gasteiger partial charge in [0.2, 0.25) is 5.91 Å². The van der Waals surface area contributed by atoms with Crippen molar-refractivity contribution >= 4 is 40.9 Å². The molecule has 2 aromatic rings. The Morgan fingerprint density at radius 1 is 1.54 bits per heavy atom. The standard InChI is InChI=1S/C17H15F2N3O3S/c1-10(23)21-8-13-9-22(17(24)25-13)12-3-2-11(14(18)7-12)6-15(19)16-20-4-5-26-16/h2-7,13H,8-9H2,1H3,(H,21,23)/b15-6-/t13-/m0/s1. The minimum Gasteiger partial charge on any atom is -0.442 e. The zero-order chi connectivity index (χ0) is 18.7. The molecule has 1 aliphatic rings. The molecule has 136 valence electrons. The SMILES string of the molecule is CC(=O)NC[C@H]1CN(c2ccc(/C=C(\F)c3nccs3)c(F)c2)C(=O)O1. The van der Waals surface area contributed by atoms with Crippen molar-refractivity contribution in [2.45, 2.75) is 13.0 Å². The second-order valence-corrected chi connectivity index (χ2v) is 6.48. The Labute approximate surface area is 152 Å². The number of carbonyl (C=O) groups excluding carboxylic acids is 2. The fraction of sp³-hybridized carbons (Fsp3) is 0.235. The third kappa shape index (κ3) is 4.05. The van der Waals surface area contributed by atoms with Gasteiger partial charge < -0.3 is 10.1 Å². The van der Waals surface area contributed by atoms with Gasteiger partial charge in [-0.3, -0.25) is 9.69 Å². The average Bonchev–Trinajstić information content (AvgIpc) is 3.24. The van der Waals surface area contributed by atoms with Gasteiger partial charge in [-0.25, -0.2) is 18.6 Å². The molecule has 1 aliphatic heterocycles. The van der Waals surface area contributed by atoms with Crippen LogP contribution in [0.1, 0.15) is 17.5 Å². The number of hydrogen-bond donors (Lipinski definition) is 1. The lowest BCUT2D eigenvalue weighted by Gasteiger charge is -2.13. The molecular formula is C17H15F2N3O3S. The molecule has 26 heavy (non-hydrogen) atoms. The molecule has 0 unspecified atom stereocenters. The fourth-order valence-corrected chi connectivity index (χ4v) is 2.98. The van der Waals surface area contributed by atoms with Crippen LogP contribution in [0.5, 0.6) is 0 Å². The molecule has 1 atom stereocenters. The van der Waals surface area contributed by atoms with Crippen molar-refractivity contribution in [1.82, 2.24) is 10.3 Å². The quantitative estimate of drug-likeness (QED) is 0.866. The third-order valence-corrected chi connectivity index (χ3v) is 4.45. The zero-order valence-electron chi connectivity index (χ0n) is 13.7. The first-order chi connectivity index (χ1) is 12.4. The summed E-state index contributed by atoms with van der Waals surface area (Å²) in [6, 6.07) is 4.03. The first kappa shape index (κ1) is 18.0. The largest absolute Gasteiger partial charge is 0.442 e. The van der Waals surface area contributed by atoms with Gasteiger partial charge in [0.05, 0.1) is 18.8 Å². The van der Waals surface area contributed by atoms with E-state index in [9.17, 15) is 18.4 Å². The topological polar surface area (TPSA) is 71.5 Å². The van der Waals surface area contributed by atoms with E-state index in [0.29, 0.717) is 5.69 Å². The lowest BCUT2D eigenvalue weighted by Crippen LogP contribution is -2.33. The summed E-state index contributed by atoms with van der Waals surface area (Å²) in [4.78, 5) is 28.0. The summed E-state index contributed by atoms with van der Waals surface area (Å²) >= 11 is 1.11. The number of benzene rings is 1. The van der Waals surface area contributed by atoms with E-state index in [-0.39, 0.29) is 29.6 Å². The summed E-state index contributed by atoms with van der Waals surface area (Å²) in [5, 5.41) is 4.35. The Bertz CT molecular complexity index is 855. The van der Waals surface area contributed by atoms with Gasteiger partial charge in [-0.15, -0.1) is 11.3 Å². The number of nitrogens with one attached hydrogen (secondary N) is 1. The molecular weight excluding hydrogens is 364 g/mol. The van der Waals surface area contributed by atoms with E-state index in [0.717, 1.165) is 23.5 Å². The number of cyclic esters (lactones) is 1. The van der Waals surface area contributed by atoms with E-state index in [1.165, 1.54) is 30.2 Å². The van der Waals surface area contributed by atoms with E-state index < -0.39 is 23.8 Å². The third-order valence-electron chi connectivity index (χ3n) is 3.67. The molecule has 0 radical (unpaired) electrons. The van der Waals surface area contributed by atoms with Crippen LogP contribution in [-0.2, 0) is 9.53 Å². The maximum atomic E-state index is 14.3. The molecule has 2 amide bonds. The molecule has 1 saturated heterocycles. The molecule has 0 bridgehead atoms. The maximum Gasteiger partial charge on any atom is 0.414 e. The molecule has 9 heteroatoms. The van der Waals surface area contributed by atoms with Gasteiger partial charge in [0.15, 0.2) is 10.8 Å². The van der Waals surface area contributed by atoms with Crippen molar-refractivity contribution in [1.29, 1.82) is 0 Å². The highest BCUT2D eigenvalue weighted by Gasteiger charge is 2.32. The summed E-state index contributed by atoms with van der Waals surface area (Å²) in [6.45, 7) is 1.72. The van der Waals surface area contributed by atoms with Crippen molar-refractivity contribution in [3.8, 4) is 0 Å². The Balaban J connectivity index is 1.74. The van der Waals surface area contributed by atoms with Crippen LogP contribution in [0.2, 0.25) is 0 Å². The molecule has 1 N–H and O–H groups in total. The fourth-order valence-electron chi connectivity index (χ4n) is 2.44. The second kappa shape index (κ2) is 7.61. The van der Waals surface area contributed by atoms with Crippen molar-refractivity contribution in [3.63, 3.8) is 0 Å². The smallest absolute Gasteiger partial charge is 0.414 e. The van der Waals surface area contributed by atoms with E-state index in [1.807, 2.05) is 0 Å². The number of carbonyl (C=O) groups is 2. The molecule has 1 aromatic carbocycles. The van der Waals surface area contributed by atoms with Crippen molar-refractivity contribution in [2.75, 3.05) is 18.0 Å². The number of halogens is 2. The van der Waals surface area contributed by atoms with Crippen LogP contribution in [-0.4, -0.2) is 36.2 Å². The number of amides is 2. The molecule has 0 aliphatic carbocycles. The monoisotopic (exact) mass is 379 g/mol. The highest BCUT2D eigenvalue weighted by molar-refractivity contribution is 7.10. The predicted octanol–water partition coefficient (Wildman–Crippen LogP) is 3.21. The van der Waals surface area contributed by atoms with Gasteiger partial charge in [-0.1, -0.05) is 0 Å². The number of aromatic nitrogens is 1. The highest BCUT2D eigenvalue weighted by Crippen LogP contribution is 2.27. The number of thiazole rings is 1. The van der Waals surface area contributed by atoms with Crippen LogP contribution in [0.3, 0.4) is 0 Å². The van der Waals surface area contributed by atoms with E-state index in [1.54, 1.807) is 5.38 Å². The van der Waals surface area contributed by atoms with Gasteiger partial charge in [0.25, 0.3) is 0 Å². The van der Waals surface area contributed by atoms with Gasteiger partial charge in [0, 0.05) is 24.1 Å². The van der Waals surface area contributed by atoms with Gasteiger partial charge in [-0.05, 0) is 24.3 Å². The average molecular weight is 379 g/mol. The molecule has 1 fully saturated rings. The van der Waals surface area contributed by atoms with Gasteiger partial charge in [-0.2, -0.15) is 0 Å². The highest BCUT2D eigenvalue weighted by atomic mass is 32.1. The zero-order valence-corrected chi connectivity index (χ0v) is 14.6. The van der Waals surface area contributed by atoms with E-state index in [2.05, 4.69) is 10.3 Å². The van der Waals surface area contributed by atoms with Crippen LogP contribution in [0.4, 0.5) is 19.3 Å². The Hall–Kier alpha value is -2.81. The second-order valence-electron chi connectivity index (χ2n) is 5.59. The summed E-state index contributed by atoms with van der Waals surface area (Å²) in [6.07, 6.45) is 1.37. The Morgan fingerprint density at radius 3 is 3.00 bits per heavy atom. The number of anilines is 1. The van der Waals surface area contributed by atoms with E-state index >= 15 is 0 Å². The van der Waals surface area contributed by atoms with Crippen molar-refractivity contribution < 1.29 is 23.1 Å². The number of hydrogen-bond acceptors (Lipinski definition) is 5. The molecule has 2 heterocycles.